The fourth-order valence-corrected chi connectivity index (χ4v) is 4.71. The topological polar surface area (TPSA) is 56.2 Å². The molecular weight excluding hydrogens is 514 g/mol. The molecule has 0 aliphatic heterocycles. The van der Waals surface area contributed by atoms with Crippen LogP contribution in [-0.2, 0) is 13.0 Å². The Morgan fingerprint density at radius 2 is 1.67 bits per heavy atom. The summed E-state index contributed by atoms with van der Waals surface area (Å²) in [7, 11) is 0. The molecule has 0 radical (unpaired) electrons. The van der Waals surface area contributed by atoms with Crippen molar-refractivity contribution >= 4 is 43.6 Å². The number of carbonyl (C=O) groups excluding carboxylic acids is 1. The standard InChI is InChI=1S/C30H28BrN3O2/c31-24-17-15-23(16-18-24)30(35)32-19-6-14-29-33-26-11-3-4-12-27(26)34(29)20-7-21-36-28-13-5-9-22-8-1-2-10-25(22)28/h1-5,8-13,15-18H,6-7,14,19-21H2,(H,32,35). The second kappa shape index (κ2) is 11.4. The van der Waals surface area contributed by atoms with Crippen LogP contribution in [0, 0.1) is 0 Å². The molecule has 4 aromatic carbocycles. The predicted octanol–water partition coefficient (Wildman–Crippen LogP) is 6.78. The van der Waals surface area contributed by atoms with Gasteiger partial charge in [0.1, 0.15) is 11.6 Å². The lowest BCUT2D eigenvalue weighted by Gasteiger charge is -2.12. The maximum Gasteiger partial charge on any atom is 0.251 e. The second-order valence-corrected chi connectivity index (χ2v) is 9.63. The summed E-state index contributed by atoms with van der Waals surface area (Å²) in [5.41, 5.74) is 2.80. The molecule has 0 bridgehead atoms. The summed E-state index contributed by atoms with van der Waals surface area (Å²) in [6, 6.07) is 30.1. The van der Waals surface area contributed by atoms with Crippen molar-refractivity contribution in [2.45, 2.75) is 25.8 Å². The van der Waals surface area contributed by atoms with E-state index in [0.29, 0.717) is 18.7 Å². The van der Waals surface area contributed by atoms with Crippen LogP contribution in [0.4, 0.5) is 0 Å². The Hall–Kier alpha value is -3.64. The number of carbonyl (C=O) groups is 1. The maximum absolute atomic E-state index is 12.4. The SMILES string of the molecule is O=C(NCCCc1nc2ccccc2n1CCCOc1cccc2ccccc12)c1ccc(Br)cc1. The second-order valence-electron chi connectivity index (χ2n) is 8.71. The monoisotopic (exact) mass is 541 g/mol. The summed E-state index contributed by atoms with van der Waals surface area (Å²) in [5.74, 6) is 1.91. The van der Waals surface area contributed by atoms with Crippen LogP contribution in [0.3, 0.4) is 0 Å². The van der Waals surface area contributed by atoms with Crippen molar-refractivity contribution in [2.75, 3.05) is 13.2 Å². The summed E-state index contributed by atoms with van der Waals surface area (Å²) >= 11 is 3.40. The van der Waals surface area contributed by atoms with Crippen molar-refractivity contribution in [3.63, 3.8) is 0 Å². The summed E-state index contributed by atoms with van der Waals surface area (Å²) in [5, 5.41) is 5.34. The van der Waals surface area contributed by atoms with E-state index in [-0.39, 0.29) is 5.91 Å². The zero-order chi connectivity index (χ0) is 24.7. The van der Waals surface area contributed by atoms with E-state index >= 15 is 0 Å². The number of hydrogen-bond donors (Lipinski definition) is 1. The largest absolute Gasteiger partial charge is 0.493 e. The van der Waals surface area contributed by atoms with Gasteiger partial charge >= 0.3 is 0 Å². The first-order chi connectivity index (χ1) is 17.7. The van der Waals surface area contributed by atoms with E-state index in [4.69, 9.17) is 9.72 Å². The minimum absolute atomic E-state index is 0.0541. The molecular formula is C30H28BrN3O2. The van der Waals surface area contributed by atoms with Gasteiger partial charge in [-0.25, -0.2) is 4.98 Å². The molecule has 36 heavy (non-hydrogen) atoms. The lowest BCUT2D eigenvalue weighted by molar-refractivity contribution is 0.0953. The molecule has 0 fully saturated rings. The van der Waals surface area contributed by atoms with Gasteiger partial charge in [0, 0.05) is 34.9 Å². The quantitative estimate of drug-likeness (QED) is 0.198. The lowest BCUT2D eigenvalue weighted by Crippen LogP contribution is -2.25. The highest BCUT2D eigenvalue weighted by atomic mass is 79.9. The molecule has 5 rings (SSSR count). The fraction of sp³-hybridized carbons (Fsp3) is 0.200. The third-order valence-electron chi connectivity index (χ3n) is 6.24. The van der Waals surface area contributed by atoms with Gasteiger partial charge in [0.2, 0.25) is 0 Å². The van der Waals surface area contributed by atoms with Gasteiger partial charge in [0.15, 0.2) is 0 Å². The zero-order valence-corrected chi connectivity index (χ0v) is 21.6. The van der Waals surface area contributed by atoms with Gasteiger partial charge in [-0.3, -0.25) is 4.79 Å². The van der Waals surface area contributed by atoms with E-state index in [9.17, 15) is 4.79 Å². The number of aromatic nitrogens is 2. The van der Waals surface area contributed by atoms with E-state index in [1.807, 2.05) is 54.6 Å². The Morgan fingerprint density at radius 1 is 0.889 bits per heavy atom. The first-order valence-corrected chi connectivity index (χ1v) is 13.1. The third kappa shape index (κ3) is 5.60. The number of halogens is 1. The van der Waals surface area contributed by atoms with E-state index in [2.05, 4.69) is 62.2 Å². The molecule has 0 aliphatic carbocycles. The summed E-state index contributed by atoms with van der Waals surface area (Å²) in [6.07, 6.45) is 2.48. The third-order valence-corrected chi connectivity index (χ3v) is 6.76. The Balaban J connectivity index is 1.19. The van der Waals surface area contributed by atoms with Crippen molar-refractivity contribution in [3.05, 3.63) is 107 Å². The Morgan fingerprint density at radius 3 is 2.56 bits per heavy atom. The number of hydrogen-bond acceptors (Lipinski definition) is 3. The molecule has 182 valence electrons. The maximum atomic E-state index is 12.4. The number of aryl methyl sites for hydroxylation is 2. The molecule has 5 aromatic rings. The van der Waals surface area contributed by atoms with Crippen molar-refractivity contribution in [3.8, 4) is 5.75 Å². The van der Waals surface area contributed by atoms with Gasteiger partial charge in [0.25, 0.3) is 5.91 Å². The number of fused-ring (bicyclic) bond motifs is 2. The number of para-hydroxylation sites is 2. The van der Waals surface area contributed by atoms with Gasteiger partial charge in [-0.1, -0.05) is 64.5 Å². The number of amides is 1. The Kier molecular flexibility index (Phi) is 7.62. The van der Waals surface area contributed by atoms with Gasteiger partial charge in [-0.2, -0.15) is 0 Å². The van der Waals surface area contributed by atoms with Crippen molar-refractivity contribution in [2.24, 2.45) is 0 Å². The van der Waals surface area contributed by atoms with E-state index in [1.165, 1.54) is 5.39 Å². The number of imidazole rings is 1. The molecule has 1 amide bonds. The van der Waals surface area contributed by atoms with Crippen LogP contribution in [0.5, 0.6) is 5.75 Å². The minimum atomic E-state index is -0.0541. The number of benzene rings is 4. The van der Waals surface area contributed by atoms with Crippen LogP contribution in [-0.4, -0.2) is 28.6 Å². The van der Waals surface area contributed by atoms with Crippen molar-refractivity contribution in [1.82, 2.24) is 14.9 Å². The number of rotatable bonds is 10. The van der Waals surface area contributed by atoms with Crippen LogP contribution in [0.2, 0.25) is 0 Å². The molecule has 0 saturated carbocycles. The highest BCUT2D eigenvalue weighted by molar-refractivity contribution is 9.10. The molecule has 0 spiro atoms. The number of nitrogens with one attached hydrogen (secondary N) is 1. The minimum Gasteiger partial charge on any atom is -0.493 e. The van der Waals surface area contributed by atoms with Gasteiger partial charge in [-0.05, 0) is 60.7 Å². The Labute approximate surface area is 219 Å². The predicted molar refractivity (Wildman–Crippen MR) is 149 cm³/mol. The Bertz CT molecular complexity index is 1470. The molecule has 0 saturated heterocycles. The van der Waals surface area contributed by atoms with Crippen LogP contribution < -0.4 is 10.1 Å². The van der Waals surface area contributed by atoms with Crippen molar-refractivity contribution in [1.29, 1.82) is 0 Å². The van der Waals surface area contributed by atoms with Gasteiger partial charge in [0.05, 0.1) is 17.6 Å². The molecule has 1 heterocycles. The molecule has 1 aromatic heterocycles. The zero-order valence-electron chi connectivity index (χ0n) is 20.0. The smallest absolute Gasteiger partial charge is 0.251 e. The highest BCUT2D eigenvalue weighted by Crippen LogP contribution is 2.25. The van der Waals surface area contributed by atoms with E-state index in [0.717, 1.165) is 58.3 Å². The first-order valence-electron chi connectivity index (χ1n) is 12.3. The van der Waals surface area contributed by atoms with Crippen LogP contribution in [0.15, 0.2) is 95.5 Å². The van der Waals surface area contributed by atoms with E-state index in [1.54, 1.807) is 0 Å². The van der Waals surface area contributed by atoms with Crippen molar-refractivity contribution < 1.29 is 9.53 Å². The van der Waals surface area contributed by atoms with Crippen LogP contribution in [0.1, 0.15) is 29.0 Å². The normalized spacial score (nSPS) is 11.1. The number of nitrogens with zero attached hydrogens (tertiary/aromatic N) is 2. The summed E-state index contributed by atoms with van der Waals surface area (Å²) in [6.45, 7) is 2.05. The fourth-order valence-electron chi connectivity index (χ4n) is 4.44. The molecule has 0 atom stereocenters. The molecule has 5 nitrogen and oxygen atoms in total. The first kappa shape index (κ1) is 24.1. The lowest BCUT2D eigenvalue weighted by atomic mass is 10.1. The average Bonchev–Trinajstić information content (AvgIpc) is 3.26. The summed E-state index contributed by atoms with van der Waals surface area (Å²) in [4.78, 5) is 17.3. The number of ether oxygens (including phenoxy) is 1. The van der Waals surface area contributed by atoms with E-state index < -0.39 is 0 Å². The summed E-state index contributed by atoms with van der Waals surface area (Å²) < 4.78 is 9.41. The van der Waals surface area contributed by atoms with Crippen LogP contribution >= 0.6 is 15.9 Å². The highest BCUT2D eigenvalue weighted by Gasteiger charge is 2.11. The molecule has 0 aliphatic rings. The van der Waals surface area contributed by atoms with Gasteiger partial charge in [-0.15, -0.1) is 0 Å². The molecule has 6 heteroatoms. The molecule has 1 N–H and O–H groups in total. The van der Waals surface area contributed by atoms with Gasteiger partial charge < -0.3 is 14.6 Å². The van der Waals surface area contributed by atoms with Crippen LogP contribution in [0.25, 0.3) is 21.8 Å². The average molecular weight is 542 g/mol. The molecule has 0 unspecified atom stereocenters.